The van der Waals surface area contributed by atoms with Crippen LogP contribution >= 0.6 is 0 Å². The Balaban J connectivity index is 1.36. The van der Waals surface area contributed by atoms with Crippen LogP contribution in [0.15, 0.2) is 24.3 Å². The van der Waals surface area contributed by atoms with E-state index in [1.165, 1.54) is 6.92 Å². The average molecular weight is 343 g/mol. The molecule has 0 bridgehead atoms. The predicted octanol–water partition coefficient (Wildman–Crippen LogP) is 0.230. The van der Waals surface area contributed by atoms with Crippen LogP contribution < -0.4 is 10.6 Å². The predicted molar refractivity (Wildman–Crippen MR) is 89.5 cm³/mol. The van der Waals surface area contributed by atoms with E-state index in [-0.39, 0.29) is 35.9 Å². The molecule has 1 aromatic carbocycles. The van der Waals surface area contributed by atoms with E-state index < -0.39 is 0 Å². The quantitative estimate of drug-likeness (QED) is 0.810. The molecule has 8 nitrogen and oxygen atoms in total. The second-order valence-electron chi connectivity index (χ2n) is 6.66. The number of aromatic nitrogens is 3. The van der Waals surface area contributed by atoms with E-state index in [1.54, 1.807) is 4.68 Å². The molecule has 8 heteroatoms. The lowest BCUT2D eigenvalue weighted by Crippen LogP contribution is -2.70. The van der Waals surface area contributed by atoms with E-state index in [0.29, 0.717) is 19.6 Å². The summed E-state index contributed by atoms with van der Waals surface area (Å²) < 4.78 is 7.39. The van der Waals surface area contributed by atoms with Gasteiger partial charge in [-0.1, -0.05) is 17.3 Å². The summed E-state index contributed by atoms with van der Waals surface area (Å²) in [6.07, 6.45) is 1.25. The zero-order valence-corrected chi connectivity index (χ0v) is 14.0. The van der Waals surface area contributed by atoms with Crippen LogP contribution in [0.3, 0.4) is 0 Å². The summed E-state index contributed by atoms with van der Waals surface area (Å²) in [6, 6.07) is 7.47. The van der Waals surface area contributed by atoms with Gasteiger partial charge in [0.2, 0.25) is 11.8 Å². The fourth-order valence-corrected chi connectivity index (χ4v) is 3.86. The number of benzene rings is 1. The standard InChI is InChI=1S/C17H21N5O3/c1-10(23)18-16-15(11-7-9-25-17(11)16)19-14(24)6-8-22-13-5-3-2-4-12(13)20-21-22/h2-5,11,15-17H,6-9H2,1H3,(H,18,23)(H,19,24)/t11-,15+,16-,17-/m1/s1. The number of fused-ring (bicyclic) bond motifs is 2. The van der Waals surface area contributed by atoms with Gasteiger partial charge in [0.05, 0.1) is 30.2 Å². The molecule has 2 amide bonds. The highest BCUT2D eigenvalue weighted by molar-refractivity contribution is 5.78. The molecule has 1 aliphatic carbocycles. The summed E-state index contributed by atoms with van der Waals surface area (Å²) in [5, 5.41) is 14.1. The number of rotatable bonds is 5. The van der Waals surface area contributed by atoms with Gasteiger partial charge in [0.25, 0.3) is 0 Å². The summed E-state index contributed by atoms with van der Waals surface area (Å²) in [7, 11) is 0. The molecule has 1 saturated carbocycles. The molecule has 2 aliphatic rings. The number of carbonyl (C=O) groups excluding carboxylic acids is 2. The second-order valence-corrected chi connectivity index (χ2v) is 6.66. The van der Waals surface area contributed by atoms with Crippen LogP contribution in [0.2, 0.25) is 0 Å². The van der Waals surface area contributed by atoms with Crippen molar-refractivity contribution in [2.45, 2.75) is 44.5 Å². The second kappa shape index (κ2) is 6.44. The molecule has 4 rings (SSSR count). The summed E-state index contributed by atoms with van der Waals surface area (Å²) >= 11 is 0. The number of hydrogen-bond acceptors (Lipinski definition) is 5. The van der Waals surface area contributed by atoms with E-state index in [4.69, 9.17) is 4.74 Å². The Kier molecular flexibility index (Phi) is 4.12. The van der Waals surface area contributed by atoms with Gasteiger partial charge in [-0.25, -0.2) is 4.68 Å². The first-order chi connectivity index (χ1) is 12.1. The molecule has 0 unspecified atom stereocenters. The van der Waals surface area contributed by atoms with Crippen molar-refractivity contribution in [2.24, 2.45) is 5.92 Å². The van der Waals surface area contributed by atoms with E-state index in [2.05, 4.69) is 20.9 Å². The van der Waals surface area contributed by atoms with Crippen molar-refractivity contribution in [3.05, 3.63) is 24.3 Å². The lowest BCUT2D eigenvalue weighted by Gasteiger charge is -2.47. The Hall–Kier alpha value is -2.48. The monoisotopic (exact) mass is 343 g/mol. The fourth-order valence-electron chi connectivity index (χ4n) is 3.86. The Morgan fingerprint density at radius 3 is 2.96 bits per heavy atom. The molecular weight excluding hydrogens is 322 g/mol. The van der Waals surface area contributed by atoms with E-state index >= 15 is 0 Å². The Morgan fingerprint density at radius 2 is 2.12 bits per heavy atom. The van der Waals surface area contributed by atoms with Crippen molar-refractivity contribution in [1.82, 2.24) is 25.6 Å². The topological polar surface area (TPSA) is 98.1 Å². The van der Waals surface area contributed by atoms with Crippen LogP contribution in [0.4, 0.5) is 0 Å². The summed E-state index contributed by atoms with van der Waals surface area (Å²) in [4.78, 5) is 23.7. The van der Waals surface area contributed by atoms with Crippen LogP contribution in [0.25, 0.3) is 11.0 Å². The number of amides is 2. The van der Waals surface area contributed by atoms with Gasteiger partial charge in [-0.3, -0.25) is 9.59 Å². The Morgan fingerprint density at radius 1 is 1.28 bits per heavy atom. The van der Waals surface area contributed by atoms with Crippen LogP contribution in [0, 0.1) is 5.92 Å². The fraction of sp³-hybridized carbons (Fsp3) is 0.529. The minimum absolute atomic E-state index is 0.0217. The first-order valence-corrected chi connectivity index (χ1v) is 8.60. The molecule has 0 spiro atoms. The van der Waals surface area contributed by atoms with Crippen molar-refractivity contribution in [1.29, 1.82) is 0 Å². The maximum absolute atomic E-state index is 12.4. The third kappa shape index (κ3) is 2.97. The lowest BCUT2D eigenvalue weighted by atomic mass is 9.71. The van der Waals surface area contributed by atoms with Crippen LogP contribution in [0.5, 0.6) is 0 Å². The van der Waals surface area contributed by atoms with Gasteiger partial charge in [0.1, 0.15) is 5.52 Å². The molecule has 1 saturated heterocycles. The van der Waals surface area contributed by atoms with Gasteiger partial charge in [0.15, 0.2) is 0 Å². The van der Waals surface area contributed by atoms with Crippen molar-refractivity contribution < 1.29 is 14.3 Å². The molecule has 2 N–H and O–H groups in total. The van der Waals surface area contributed by atoms with E-state index in [0.717, 1.165) is 17.5 Å². The number of para-hydroxylation sites is 1. The highest BCUT2D eigenvalue weighted by atomic mass is 16.5. The number of aryl methyl sites for hydroxylation is 1. The number of ether oxygens (including phenoxy) is 1. The van der Waals surface area contributed by atoms with Gasteiger partial charge in [-0.05, 0) is 18.6 Å². The minimum Gasteiger partial charge on any atom is -0.376 e. The van der Waals surface area contributed by atoms with Crippen LogP contribution in [0.1, 0.15) is 19.8 Å². The maximum Gasteiger partial charge on any atom is 0.222 e. The van der Waals surface area contributed by atoms with Crippen molar-refractivity contribution >= 4 is 22.8 Å². The first-order valence-electron chi connectivity index (χ1n) is 8.60. The SMILES string of the molecule is CC(=O)N[C@@H]1[C@@H](NC(=O)CCn2nnc3ccccc32)[C@H]2CCO[C@H]21. The molecule has 1 aliphatic heterocycles. The molecule has 2 heterocycles. The molecule has 0 radical (unpaired) electrons. The normalized spacial score (nSPS) is 27.6. The molecular formula is C17H21N5O3. The molecule has 132 valence electrons. The van der Waals surface area contributed by atoms with E-state index in [1.807, 2.05) is 24.3 Å². The number of nitrogens with zero attached hydrogens (tertiary/aromatic N) is 3. The van der Waals surface area contributed by atoms with Gasteiger partial charge < -0.3 is 15.4 Å². The number of nitrogens with one attached hydrogen (secondary N) is 2. The van der Waals surface area contributed by atoms with Crippen molar-refractivity contribution in [3.8, 4) is 0 Å². The van der Waals surface area contributed by atoms with Crippen molar-refractivity contribution in [2.75, 3.05) is 6.61 Å². The first kappa shape index (κ1) is 16.0. The molecule has 25 heavy (non-hydrogen) atoms. The smallest absolute Gasteiger partial charge is 0.222 e. The Bertz CT molecular complexity index is 804. The average Bonchev–Trinajstić information content (AvgIpc) is 3.20. The molecule has 1 aromatic heterocycles. The highest BCUT2D eigenvalue weighted by Gasteiger charge is 2.54. The third-order valence-electron chi connectivity index (χ3n) is 5.05. The zero-order valence-electron chi connectivity index (χ0n) is 14.0. The van der Waals surface area contributed by atoms with Gasteiger partial charge >= 0.3 is 0 Å². The highest BCUT2D eigenvalue weighted by Crippen LogP contribution is 2.39. The maximum atomic E-state index is 12.4. The minimum atomic E-state index is -0.138. The van der Waals surface area contributed by atoms with E-state index in [9.17, 15) is 9.59 Å². The lowest BCUT2D eigenvalue weighted by molar-refractivity contribution is -0.130. The number of hydrogen-bond donors (Lipinski definition) is 2. The summed E-state index contributed by atoms with van der Waals surface area (Å²) in [5.74, 6) is 0.130. The molecule has 4 atom stereocenters. The number of carbonyl (C=O) groups is 2. The Labute approximate surface area is 144 Å². The largest absolute Gasteiger partial charge is 0.376 e. The van der Waals surface area contributed by atoms with Crippen LogP contribution in [-0.2, 0) is 20.9 Å². The summed E-state index contributed by atoms with van der Waals surface area (Å²) in [5.41, 5.74) is 1.73. The van der Waals surface area contributed by atoms with Crippen molar-refractivity contribution in [3.63, 3.8) is 0 Å². The van der Waals surface area contributed by atoms with Crippen LogP contribution in [-0.4, -0.2) is 51.6 Å². The van der Waals surface area contributed by atoms with Gasteiger partial charge in [-0.2, -0.15) is 0 Å². The molecule has 2 fully saturated rings. The third-order valence-corrected chi connectivity index (χ3v) is 5.05. The summed E-state index contributed by atoms with van der Waals surface area (Å²) in [6.45, 7) is 2.63. The zero-order chi connectivity index (χ0) is 17.4. The van der Waals surface area contributed by atoms with Gasteiger partial charge in [-0.15, -0.1) is 5.10 Å². The molecule has 2 aromatic rings. The van der Waals surface area contributed by atoms with Gasteiger partial charge in [0, 0.05) is 25.9 Å².